The molecule has 2 heterocycles. The second-order valence-corrected chi connectivity index (χ2v) is 5.81. The Morgan fingerprint density at radius 1 is 1.24 bits per heavy atom. The topological polar surface area (TPSA) is 128 Å². The van der Waals surface area contributed by atoms with E-state index in [2.05, 4.69) is 10.3 Å². The van der Waals surface area contributed by atoms with Crippen LogP contribution < -0.4 is 5.32 Å². The number of non-ortho nitro benzene ring substituents is 1. The molecule has 2 aromatic carbocycles. The fourth-order valence-electron chi connectivity index (χ4n) is 3.39. The number of carbonyl (C=O) groups excluding carboxylic acids is 1. The summed E-state index contributed by atoms with van der Waals surface area (Å²) in [5.41, 5.74) is 2.09. The van der Waals surface area contributed by atoms with Crippen molar-refractivity contribution in [3.63, 3.8) is 0 Å². The van der Waals surface area contributed by atoms with Crippen LogP contribution in [0.25, 0.3) is 10.9 Å². The number of benzene rings is 2. The Kier molecular flexibility index (Phi) is 3.22. The predicted molar refractivity (Wildman–Crippen MR) is 88.3 cm³/mol. The van der Waals surface area contributed by atoms with Gasteiger partial charge in [-0.15, -0.1) is 0 Å². The molecule has 0 saturated heterocycles. The van der Waals surface area contributed by atoms with Crippen molar-refractivity contribution in [3.8, 4) is 5.75 Å². The number of aliphatic hydroxyl groups is 1. The lowest BCUT2D eigenvalue weighted by Crippen LogP contribution is -2.20. The van der Waals surface area contributed by atoms with Gasteiger partial charge in [0.1, 0.15) is 11.3 Å². The number of nitro benzene ring substituents is 1. The summed E-state index contributed by atoms with van der Waals surface area (Å²) in [6.07, 6.45) is 0. The van der Waals surface area contributed by atoms with E-state index >= 15 is 0 Å². The van der Waals surface area contributed by atoms with Crippen LogP contribution in [0, 0.1) is 10.1 Å². The molecule has 0 fully saturated rings. The number of aromatic amines is 1. The van der Waals surface area contributed by atoms with E-state index in [1.807, 2.05) is 0 Å². The van der Waals surface area contributed by atoms with Gasteiger partial charge in [-0.25, -0.2) is 0 Å². The Labute approximate surface area is 140 Å². The molecule has 4 rings (SSSR count). The van der Waals surface area contributed by atoms with Gasteiger partial charge in [-0.3, -0.25) is 14.9 Å². The molecule has 0 bridgehead atoms. The Balaban J connectivity index is 2.00. The number of fused-ring (bicyclic) bond motifs is 2. The van der Waals surface area contributed by atoms with Crippen molar-refractivity contribution in [1.29, 1.82) is 0 Å². The first-order chi connectivity index (χ1) is 12.0. The van der Waals surface area contributed by atoms with E-state index in [1.165, 1.54) is 24.3 Å². The van der Waals surface area contributed by atoms with Gasteiger partial charge in [-0.2, -0.15) is 0 Å². The highest BCUT2D eigenvalue weighted by molar-refractivity contribution is 6.01. The van der Waals surface area contributed by atoms with Gasteiger partial charge < -0.3 is 20.5 Å². The number of aromatic nitrogens is 1. The van der Waals surface area contributed by atoms with E-state index in [1.54, 1.807) is 12.1 Å². The van der Waals surface area contributed by atoms with Crippen LogP contribution in [0.3, 0.4) is 0 Å². The Morgan fingerprint density at radius 3 is 2.76 bits per heavy atom. The van der Waals surface area contributed by atoms with Crippen molar-refractivity contribution >= 4 is 22.5 Å². The van der Waals surface area contributed by atoms with Gasteiger partial charge in [0.15, 0.2) is 0 Å². The van der Waals surface area contributed by atoms with Gasteiger partial charge in [-0.05, 0) is 23.8 Å². The molecule has 25 heavy (non-hydrogen) atoms. The number of nitrogens with one attached hydrogen (secondary N) is 2. The third kappa shape index (κ3) is 2.15. The van der Waals surface area contributed by atoms with Crippen molar-refractivity contribution in [2.45, 2.75) is 12.6 Å². The van der Waals surface area contributed by atoms with E-state index in [0.717, 1.165) is 0 Å². The van der Waals surface area contributed by atoms with Gasteiger partial charge in [0.05, 0.1) is 17.6 Å². The van der Waals surface area contributed by atoms with Gasteiger partial charge in [0.25, 0.3) is 11.6 Å². The molecule has 1 atom stereocenters. The molecular weight excluding hydrogens is 326 g/mol. The third-order valence-electron chi connectivity index (χ3n) is 4.44. The summed E-state index contributed by atoms with van der Waals surface area (Å²) in [7, 11) is 0. The Hall–Kier alpha value is -3.39. The highest BCUT2D eigenvalue weighted by atomic mass is 16.6. The quantitative estimate of drug-likeness (QED) is 0.429. The first-order valence-electron chi connectivity index (χ1n) is 7.53. The smallest absolute Gasteiger partial charge is 0.293 e. The first kappa shape index (κ1) is 15.2. The molecule has 8 nitrogen and oxygen atoms in total. The number of para-hydroxylation sites is 1. The molecule has 4 N–H and O–H groups in total. The fourth-order valence-corrected chi connectivity index (χ4v) is 3.39. The predicted octanol–water partition coefficient (Wildman–Crippen LogP) is 2.11. The zero-order valence-electron chi connectivity index (χ0n) is 12.8. The summed E-state index contributed by atoms with van der Waals surface area (Å²) in [5.74, 6) is -0.291. The number of phenolic OH excluding ortho intramolecular Hbond substituents is 1. The molecule has 1 aliphatic rings. The molecule has 0 spiro atoms. The summed E-state index contributed by atoms with van der Waals surface area (Å²) in [4.78, 5) is 25.9. The van der Waals surface area contributed by atoms with Crippen LogP contribution in [0.5, 0.6) is 5.75 Å². The molecule has 1 aromatic heterocycles. The second kappa shape index (κ2) is 5.32. The summed E-state index contributed by atoms with van der Waals surface area (Å²) >= 11 is 0. The average Bonchev–Trinajstić information content (AvgIpc) is 3.11. The lowest BCUT2D eigenvalue weighted by molar-refractivity contribution is -0.383. The van der Waals surface area contributed by atoms with E-state index < -0.39 is 11.0 Å². The minimum absolute atomic E-state index is 0.0108. The summed E-state index contributed by atoms with van der Waals surface area (Å²) in [5, 5.41) is 34.1. The fraction of sp³-hybridized carbons (Fsp3) is 0.118. The Bertz CT molecular complexity index is 1040. The zero-order chi connectivity index (χ0) is 17.7. The third-order valence-corrected chi connectivity index (χ3v) is 4.44. The van der Waals surface area contributed by atoms with E-state index in [9.17, 15) is 25.1 Å². The summed E-state index contributed by atoms with van der Waals surface area (Å²) in [6.45, 7) is -0.373. The van der Waals surface area contributed by atoms with Gasteiger partial charge >= 0.3 is 0 Å². The highest BCUT2D eigenvalue weighted by Crippen LogP contribution is 2.40. The summed E-state index contributed by atoms with van der Waals surface area (Å²) in [6, 6.07) is 8.43. The van der Waals surface area contributed by atoms with Crippen LogP contribution in [0.4, 0.5) is 5.69 Å². The lowest BCUT2D eigenvalue weighted by Gasteiger charge is -2.13. The number of phenols is 1. The first-order valence-corrected chi connectivity index (χ1v) is 7.53. The molecule has 1 aliphatic heterocycles. The van der Waals surface area contributed by atoms with Crippen molar-refractivity contribution in [2.24, 2.45) is 0 Å². The minimum atomic E-state index is -0.618. The number of nitro groups is 1. The molecule has 0 unspecified atom stereocenters. The van der Waals surface area contributed by atoms with E-state index in [4.69, 9.17) is 0 Å². The maximum Gasteiger partial charge on any atom is 0.293 e. The minimum Gasteiger partial charge on any atom is -0.508 e. The normalized spacial score (nSPS) is 16.0. The van der Waals surface area contributed by atoms with E-state index in [-0.39, 0.29) is 29.5 Å². The molecule has 0 radical (unpaired) electrons. The highest BCUT2D eigenvalue weighted by Gasteiger charge is 2.34. The molecule has 3 aromatic rings. The van der Waals surface area contributed by atoms with Gasteiger partial charge in [0.2, 0.25) is 0 Å². The number of amides is 1. The molecule has 0 aliphatic carbocycles. The number of hydrogen-bond donors (Lipinski definition) is 4. The second-order valence-electron chi connectivity index (χ2n) is 5.81. The number of hydrogen-bond acceptors (Lipinski definition) is 5. The summed E-state index contributed by atoms with van der Waals surface area (Å²) < 4.78 is 0. The van der Waals surface area contributed by atoms with Crippen LogP contribution in [0.2, 0.25) is 0 Å². The molecular formula is C17H13N3O5. The van der Waals surface area contributed by atoms with Crippen molar-refractivity contribution in [3.05, 3.63) is 68.9 Å². The van der Waals surface area contributed by atoms with Crippen molar-refractivity contribution < 1.29 is 19.9 Å². The maximum atomic E-state index is 12.2. The van der Waals surface area contributed by atoms with Crippen molar-refractivity contribution in [2.75, 3.05) is 0 Å². The number of H-pyrrole nitrogens is 1. The van der Waals surface area contributed by atoms with Gasteiger partial charge in [0, 0.05) is 28.3 Å². The number of aromatic hydroxyl groups is 1. The van der Waals surface area contributed by atoms with E-state index in [0.29, 0.717) is 27.8 Å². The van der Waals surface area contributed by atoms with Crippen LogP contribution in [0.15, 0.2) is 36.4 Å². The molecule has 1 amide bonds. The number of nitrogens with zero attached hydrogens (tertiary/aromatic N) is 1. The standard InChI is InChI=1S/C17H13N3O5/c21-7-12-14(10-2-1-3-13(20(24)25)15(10)18-12)16-11-6-8(22)4-5-9(11)17(23)19-16/h1-6,16,18,21-22H,7H2,(H,19,23)/t16-/m0/s1. The molecule has 8 heteroatoms. The van der Waals surface area contributed by atoms with Crippen LogP contribution in [-0.2, 0) is 6.61 Å². The van der Waals surface area contributed by atoms with Crippen LogP contribution in [-0.4, -0.2) is 26.0 Å². The lowest BCUT2D eigenvalue weighted by atomic mass is 9.95. The number of aliphatic hydroxyl groups excluding tert-OH is 1. The number of rotatable bonds is 3. The van der Waals surface area contributed by atoms with Crippen LogP contribution >= 0.6 is 0 Å². The molecule has 126 valence electrons. The van der Waals surface area contributed by atoms with Crippen LogP contribution in [0.1, 0.15) is 33.2 Å². The number of carbonyl (C=O) groups is 1. The largest absolute Gasteiger partial charge is 0.508 e. The van der Waals surface area contributed by atoms with Gasteiger partial charge in [-0.1, -0.05) is 12.1 Å². The average molecular weight is 339 g/mol. The SMILES string of the molecule is O=C1N[C@H](c2c(CO)[nH]c3c([N+](=O)[O-])cccc23)c2cc(O)ccc21. The zero-order valence-corrected chi connectivity index (χ0v) is 12.8. The van der Waals surface area contributed by atoms with Crippen molar-refractivity contribution in [1.82, 2.24) is 10.3 Å². The maximum absolute atomic E-state index is 12.2. The Morgan fingerprint density at radius 2 is 2.04 bits per heavy atom. The monoisotopic (exact) mass is 339 g/mol. The molecule has 0 saturated carbocycles.